The molecule has 2 rings (SSSR count). The highest BCUT2D eigenvalue weighted by molar-refractivity contribution is 14.1. The number of hydrogen-bond acceptors (Lipinski definition) is 2. The highest BCUT2D eigenvalue weighted by Gasteiger charge is 2.17. The fraction of sp³-hybridized carbons (Fsp3) is 0.615. The van der Waals surface area contributed by atoms with Gasteiger partial charge in [0.15, 0.2) is 5.96 Å². The van der Waals surface area contributed by atoms with E-state index < -0.39 is 0 Å². The van der Waals surface area contributed by atoms with Gasteiger partial charge in [0.25, 0.3) is 0 Å². The molecule has 1 aliphatic heterocycles. The summed E-state index contributed by atoms with van der Waals surface area (Å²) >= 11 is 4.19. The van der Waals surface area contributed by atoms with Gasteiger partial charge in [-0.1, -0.05) is 6.92 Å². The molecule has 0 aromatic carbocycles. The number of hydrogen-bond donors (Lipinski definition) is 1. The van der Waals surface area contributed by atoms with Gasteiger partial charge >= 0.3 is 0 Å². The van der Waals surface area contributed by atoms with Crippen LogP contribution in [0, 0.1) is 8.80 Å². The number of likely N-dealkylation sites (tertiary alicyclic amines) is 1. The first kappa shape index (κ1) is 14.1. The molecule has 0 radical (unpaired) electrons. The third-order valence-corrected chi connectivity index (χ3v) is 5.20. The minimum Gasteiger partial charge on any atom is -0.370 e. The molecule has 1 aliphatic rings. The van der Waals surface area contributed by atoms with Crippen molar-refractivity contribution in [3.05, 3.63) is 19.9 Å². The zero-order chi connectivity index (χ0) is 13.0. The molecule has 2 N–H and O–H groups in total. The molecule has 2 heterocycles. The molecule has 18 heavy (non-hydrogen) atoms. The van der Waals surface area contributed by atoms with Crippen LogP contribution in [-0.4, -0.2) is 30.5 Å². The fourth-order valence-electron chi connectivity index (χ4n) is 2.26. The fourth-order valence-corrected chi connectivity index (χ4v) is 4.01. The SMILES string of the molecule is CC1CCCN(C(N)=NCCc2ccc(I)s2)C1. The minimum atomic E-state index is 0.729. The van der Waals surface area contributed by atoms with Gasteiger partial charge in [0.1, 0.15) is 0 Å². The van der Waals surface area contributed by atoms with Crippen LogP contribution in [0.2, 0.25) is 0 Å². The number of nitrogens with two attached hydrogens (primary N) is 1. The first-order valence-corrected chi connectivity index (χ1v) is 8.34. The summed E-state index contributed by atoms with van der Waals surface area (Å²) in [6.07, 6.45) is 3.55. The summed E-state index contributed by atoms with van der Waals surface area (Å²) in [6, 6.07) is 4.33. The lowest BCUT2D eigenvalue weighted by Gasteiger charge is -2.31. The van der Waals surface area contributed by atoms with Crippen LogP contribution in [0.15, 0.2) is 17.1 Å². The van der Waals surface area contributed by atoms with Gasteiger partial charge in [0, 0.05) is 30.9 Å². The maximum Gasteiger partial charge on any atom is 0.191 e. The molecule has 5 heteroatoms. The number of nitrogens with zero attached hydrogens (tertiary/aromatic N) is 2. The predicted octanol–water partition coefficient (Wildman–Crippen LogP) is 2.94. The molecule has 0 amide bonds. The Kier molecular flexibility index (Phi) is 5.29. The summed E-state index contributed by atoms with van der Waals surface area (Å²) in [6.45, 7) is 5.21. The molecule has 1 aromatic heterocycles. The van der Waals surface area contributed by atoms with Crippen molar-refractivity contribution in [1.29, 1.82) is 0 Å². The van der Waals surface area contributed by atoms with E-state index in [2.05, 4.69) is 51.5 Å². The number of guanidine groups is 1. The van der Waals surface area contributed by atoms with E-state index in [-0.39, 0.29) is 0 Å². The average molecular weight is 377 g/mol. The van der Waals surface area contributed by atoms with E-state index in [0.717, 1.165) is 37.9 Å². The smallest absolute Gasteiger partial charge is 0.191 e. The van der Waals surface area contributed by atoms with Crippen LogP contribution >= 0.6 is 33.9 Å². The molecule has 0 bridgehead atoms. The second kappa shape index (κ2) is 6.75. The second-order valence-electron chi connectivity index (χ2n) is 4.89. The molecule has 1 aromatic rings. The summed E-state index contributed by atoms with van der Waals surface area (Å²) in [5, 5.41) is 0. The standard InChI is InChI=1S/C13H20IN3S/c1-10-3-2-8-17(9-10)13(15)16-7-6-11-4-5-12(14)18-11/h4-5,10H,2-3,6-9H2,1H3,(H2,15,16). The van der Waals surface area contributed by atoms with Gasteiger partial charge in [-0.05, 0) is 53.5 Å². The molecular weight excluding hydrogens is 357 g/mol. The zero-order valence-electron chi connectivity index (χ0n) is 10.7. The highest BCUT2D eigenvalue weighted by atomic mass is 127. The summed E-state index contributed by atoms with van der Waals surface area (Å²) in [5.74, 6) is 1.47. The number of thiophene rings is 1. The lowest BCUT2D eigenvalue weighted by atomic mass is 10.0. The summed E-state index contributed by atoms with van der Waals surface area (Å²) < 4.78 is 1.34. The Balaban J connectivity index is 1.81. The quantitative estimate of drug-likeness (QED) is 0.500. The number of aliphatic imine (C=N–C) groups is 1. The van der Waals surface area contributed by atoms with Crippen molar-refractivity contribution in [1.82, 2.24) is 4.90 Å². The molecule has 0 spiro atoms. The Morgan fingerprint density at radius 3 is 3.11 bits per heavy atom. The van der Waals surface area contributed by atoms with Gasteiger partial charge in [-0.15, -0.1) is 11.3 Å². The van der Waals surface area contributed by atoms with Gasteiger partial charge < -0.3 is 10.6 Å². The molecule has 3 nitrogen and oxygen atoms in total. The lowest BCUT2D eigenvalue weighted by Crippen LogP contribution is -2.43. The average Bonchev–Trinajstić information content (AvgIpc) is 2.75. The summed E-state index contributed by atoms with van der Waals surface area (Å²) in [7, 11) is 0. The third kappa shape index (κ3) is 4.12. The van der Waals surface area contributed by atoms with Crippen molar-refractivity contribution in [3.8, 4) is 0 Å². The lowest BCUT2D eigenvalue weighted by molar-refractivity contribution is 0.270. The Morgan fingerprint density at radius 2 is 2.44 bits per heavy atom. The van der Waals surface area contributed by atoms with Crippen molar-refractivity contribution in [2.75, 3.05) is 19.6 Å². The van der Waals surface area contributed by atoms with Gasteiger partial charge in [-0.3, -0.25) is 4.99 Å². The summed E-state index contributed by atoms with van der Waals surface area (Å²) in [5.41, 5.74) is 6.06. The normalized spacial score (nSPS) is 21.3. The Morgan fingerprint density at radius 1 is 1.61 bits per heavy atom. The maximum absolute atomic E-state index is 6.06. The van der Waals surface area contributed by atoms with Crippen molar-refractivity contribution >= 4 is 39.9 Å². The first-order chi connectivity index (χ1) is 8.65. The molecule has 1 atom stereocenters. The predicted molar refractivity (Wildman–Crippen MR) is 87.2 cm³/mol. The van der Waals surface area contributed by atoms with E-state index in [9.17, 15) is 0 Å². The molecule has 0 saturated carbocycles. The van der Waals surface area contributed by atoms with Crippen molar-refractivity contribution in [2.45, 2.75) is 26.2 Å². The second-order valence-corrected chi connectivity index (χ2v) is 7.95. The largest absolute Gasteiger partial charge is 0.370 e. The monoisotopic (exact) mass is 377 g/mol. The van der Waals surface area contributed by atoms with Crippen LogP contribution in [-0.2, 0) is 6.42 Å². The molecule has 100 valence electrons. The van der Waals surface area contributed by atoms with Gasteiger partial charge in [-0.25, -0.2) is 0 Å². The zero-order valence-corrected chi connectivity index (χ0v) is 13.7. The van der Waals surface area contributed by atoms with Crippen molar-refractivity contribution < 1.29 is 0 Å². The summed E-state index contributed by atoms with van der Waals surface area (Å²) in [4.78, 5) is 8.13. The number of rotatable bonds is 3. The maximum atomic E-state index is 6.06. The number of halogens is 1. The Bertz CT molecular complexity index is 416. The third-order valence-electron chi connectivity index (χ3n) is 3.24. The van der Waals surface area contributed by atoms with E-state index in [4.69, 9.17) is 5.73 Å². The molecule has 1 unspecified atom stereocenters. The molecule has 0 aliphatic carbocycles. The van der Waals surface area contributed by atoms with Crippen molar-refractivity contribution in [3.63, 3.8) is 0 Å². The van der Waals surface area contributed by atoms with Crippen LogP contribution < -0.4 is 5.73 Å². The van der Waals surface area contributed by atoms with E-state index in [1.807, 2.05) is 11.3 Å². The Hall–Kier alpha value is -0.300. The van der Waals surface area contributed by atoms with Crippen LogP contribution in [0.3, 0.4) is 0 Å². The van der Waals surface area contributed by atoms with Gasteiger partial charge in [0.05, 0.1) is 2.88 Å². The van der Waals surface area contributed by atoms with E-state index in [1.165, 1.54) is 20.6 Å². The van der Waals surface area contributed by atoms with Gasteiger partial charge in [0.2, 0.25) is 0 Å². The highest BCUT2D eigenvalue weighted by Crippen LogP contribution is 2.19. The van der Waals surface area contributed by atoms with E-state index in [1.54, 1.807) is 0 Å². The van der Waals surface area contributed by atoms with Crippen LogP contribution in [0.4, 0.5) is 0 Å². The minimum absolute atomic E-state index is 0.729. The topological polar surface area (TPSA) is 41.6 Å². The first-order valence-electron chi connectivity index (χ1n) is 6.44. The number of piperidine rings is 1. The molecular formula is C13H20IN3S. The van der Waals surface area contributed by atoms with Gasteiger partial charge in [-0.2, -0.15) is 0 Å². The van der Waals surface area contributed by atoms with Crippen LogP contribution in [0.25, 0.3) is 0 Å². The van der Waals surface area contributed by atoms with Crippen molar-refractivity contribution in [2.24, 2.45) is 16.6 Å². The van der Waals surface area contributed by atoms with E-state index in [0.29, 0.717) is 0 Å². The Labute approximate surface area is 127 Å². The van der Waals surface area contributed by atoms with Crippen LogP contribution in [0.1, 0.15) is 24.6 Å². The van der Waals surface area contributed by atoms with Crippen LogP contribution in [0.5, 0.6) is 0 Å². The molecule has 1 saturated heterocycles. The molecule has 1 fully saturated rings. The van der Waals surface area contributed by atoms with E-state index >= 15 is 0 Å².